The molecule has 146 valence electrons. The van der Waals surface area contributed by atoms with Crippen LogP contribution in [0.2, 0.25) is 0 Å². The fraction of sp³-hybridized carbons (Fsp3) is 0.417. The van der Waals surface area contributed by atoms with Crippen LogP contribution < -0.4 is 0 Å². The Morgan fingerprint density at radius 3 is 2.04 bits per heavy atom. The first-order valence-corrected chi connectivity index (χ1v) is 10.0. The minimum atomic E-state index is -0.813. The van der Waals surface area contributed by atoms with Crippen molar-refractivity contribution < 1.29 is 19.1 Å². The van der Waals surface area contributed by atoms with Gasteiger partial charge in [0.05, 0.1) is 11.1 Å². The van der Waals surface area contributed by atoms with Crippen LogP contribution in [-0.4, -0.2) is 23.6 Å². The van der Waals surface area contributed by atoms with Crippen molar-refractivity contribution in [1.82, 2.24) is 0 Å². The number of fused-ring (bicyclic) bond motifs is 3. The molecular weight excluding hydrogens is 352 g/mol. The Morgan fingerprint density at radius 2 is 1.46 bits per heavy atom. The Labute approximate surface area is 165 Å². The molecule has 4 nitrogen and oxygen atoms in total. The number of carbonyl (C=O) groups is 2. The molecule has 0 N–H and O–H groups in total. The first-order chi connectivity index (χ1) is 13.5. The van der Waals surface area contributed by atoms with Gasteiger partial charge in [-0.05, 0) is 56.4 Å². The van der Waals surface area contributed by atoms with Crippen molar-refractivity contribution in [1.29, 1.82) is 0 Å². The van der Waals surface area contributed by atoms with Gasteiger partial charge < -0.3 is 9.47 Å². The number of carbonyl (C=O) groups excluding carboxylic acids is 2. The monoisotopic (exact) mass is 378 g/mol. The molecule has 5 rings (SSSR count). The van der Waals surface area contributed by atoms with E-state index in [-0.39, 0.29) is 23.8 Å². The van der Waals surface area contributed by atoms with Crippen LogP contribution in [0.15, 0.2) is 60.7 Å². The average Bonchev–Trinajstić information content (AvgIpc) is 2.72. The zero-order valence-corrected chi connectivity index (χ0v) is 16.3. The molecule has 2 aromatic rings. The Balaban J connectivity index is 1.61. The predicted octanol–water partition coefficient (Wildman–Crippen LogP) is 4.89. The molecule has 0 aromatic heterocycles. The van der Waals surface area contributed by atoms with Crippen LogP contribution in [0.5, 0.6) is 0 Å². The molecule has 28 heavy (non-hydrogen) atoms. The second-order valence-corrected chi connectivity index (χ2v) is 8.28. The van der Waals surface area contributed by atoms with Gasteiger partial charge in [-0.3, -0.25) is 0 Å². The third-order valence-electron chi connectivity index (χ3n) is 6.57. The Morgan fingerprint density at radius 1 is 0.893 bits per heavy atom. The van der Waals surface area contributed by atoms with Crippen LogP contribution >= 0.6 is 0 Å². The van der Waals surface area contributed by atoms with E-state index in [1.807, 2.05) is 43.3 Å². The third-order valence-corrected chi connectivity index (χ3v) is 6.57. The second-order valence-electron chi connectivity index (χ2n) is 8.28. The molecule has 2 bridgehead atoms. The normalized spacial score (nSPS) is 31.2. The lowest BCUT2D eigenvalue weighted by atomic mass is 9.57. The van der Waals surface area contributed by atoms with Crippen LogP contribution in [0.25, 0.3) is 0 Å². The molecule has 3 aliphatic carbocycles. The molecule has 0 radical (unpaired) electrons. The van der Waals surface area contributed by atoms with Gasteiger partial charge in [0.25, 0.3) is 0 Å². The van der Waals surface area contributed by atoms with Crippen molar-refractivity contribution in [3.8, 4) is 0 Å². The molecule has 0 spiro atoms. The number of rotatable bonds is 4. The van der Waals surface area contributed by atoms with E-state index in [0.29, 0.717) is 17.0 Å². The maximum absolute atomic E-state index is 12.8. The number of hydrogen-bond acceptors (Lipinski definition) is 4. The summed E-state index contributed by atoms with van der Waals surface area (Å²) in [6, 6.07) is 18.0. The van der Waals surface area contributed by atoms with E-state index in [1.165, 1.54) is 0 Å². The van der Waals surface area contributed by atoms with E-state index in [4.69, 9.17) is 9.47 Å². The Hall–Kier alpha value is -2.62. The third kappa shape index (κ3) is 3.32. The maximum Gasteiger partial charge on any atom is 0.338 e. The highest BCUT2D eigenvalue weighted by atomic mass is 16.6. The molecule has 3 saturated carbocycles. The van der Waals surface area contributed by atoms with Gasteiger partial charge in [-0.1, -0.05) is 43.3 Å². The second kappa shape index (κ2) is 7.42. The molecule has 0 amide bonds. The molecule has 5 unspecified atom stereocenters. The molecule has 0 aliphatic heterocycles. The fourth-order valence-electron chi connectivity index (χ4n) is 4.98. The zero-order chi connectivity index (χ0) is 19.7. The lowest BCUT2D eigenvalue weighted by Crippen LogP contribution is -2.62. The molecule has 5 atom stereocenters. The van der Waals surface area contributed by atoms with E-state index in [9.17, 15) is 9.59 Å². The summed E-state index contributed by atoms with van der Waals surface area (Å²) in [7, 11) is 0. The van der Waals surface area contributed by atoms with Crippen molar-refractivity contribution in [3.63, 3.8) is 0 Å². The summed E-state index contributed by atoms with van der Waals surface area (Å²) in [5.74, 6) is 0.118. The predicted molar refractivity (Wildman–Crippen MR) is 106 cm³/mol. The lowest BCUT2D eigenvalue weighted by Gasteiger charge is -2.55. The van der Waals surface area contributed by atoms with Gasteiger partial charge in [-0.15, -0.1) is 0 Å². The van der Waals surface area contributed by atoms with Crippen LogP contribution in [-0.2, 0) is 9.47 Å². The van der Waals surface area contributed by atoms with Crippen LogP contribution in [0.1, 0.15) is 53.8 Å². The number of benzene rings is 2. The van der Waals surface area contributed by atoms with Gasteiger partial charge in [0, 0.05) is 11.8 Å². The largest absolute Gasteiger partial charge is 0.454 e. The van der Waals surface area contributed by atoms with Crippen LogP contribution in [0.3, 0.4) is 0 Å². The average molecular weight is 378 g/mol. The first kappa shape index (κ1) is 18.7. The summed E-state index contributed by atoms with van der Waals surface area (Å²) >= 11 is 0. The minimum absolute atomic E-state index is 0.189. The van der Waals surface area contributed by atoms with Crippen molar-refractivity contribution >= 4 is 11.9 Å². The number of esters is 2. The Kier molecular flexibility index (Phi) is 4.96. The molecule has 3 fully saturated rings. The van der Waals surface area contributed by atoms with Crippen molar-refractivity contribution in [2.45, 2.75) is 44.8 Å². The highest BCUT2D eigenvalue weighted by Gasteiger charge is 2.59. The van der Waals surface area contributed by atoms with Crippen LogP contribution in [0.4, 0.5) is 0 Å². The molecule has 2 aromatic carbocycles. The quantitative estimate of drug-likeness (QED) is 0.711. The van der Waals surface area contributed by atoms with Crippen molar-refractivity contribution in [2.24, 2.45) is 17.8 Å². The SMILES string of the molecule is CC1CC2CCC1C(OC(=O)c1ccccc1)C2(C)OC(=O)c1ccccc1. The minimum Gasteiger partial charge on any atom is -0.454 e. The molecule has 0 heterocycles. The van der Waals surface area contributed by atoms with E-state index in [0.717, 1.165) is 19.3 Å². The topological polar surface area (TPSA) is 52.6 Å². The summed E-state index contributed by atoms with van der Waals surface area (Å²) in [6.45, 7) is 4.15. The summed E-state index contributed by atoms with van der Waals surface area (Å²) in [4.78, 5) is 25.6. The van der Waals surface area contributed by atoms with Gasteiger partial charge in [0.1, 0.15) is 11.7 Å². The zero-order valence-electron chi connectivity index (χ0n) is 16.3. The summed E-state index contributed by atoms with van der Waals surface area (Å²) in [6.07, 6.45) is 2.54. The van der Waals surface area contributed by atoms with Gasteiger partial charge >= 0.3 is 11.9 Å². The van der Waals surface area contributed by atoms with E-state index < -0.39 is 11.7 Å². The van der Waals surface area contributed by atoms with E-state index in [2.05, 4.69) is 6.92 Å². The van der Waals surface area contributed by atoms with Crippen molar-refractivity contribution in [3.05, 3.63) is 71.8 Å². The summed E-state index contributed by atoms with van der Waals surface area (Å²) in [5.41, 5.74) is 0.229. The van der Waals surface area contributed by atoms with Gasteiger partial charge in [0.2, 0.25) is 0 Å². The highest BCUT2D eigenvalue weighted by Crippen LogP contribution is 2.53. The van der Waals surface area contributed by atoms with E-state index >= 15 is 0 Å². The smallest absolute Gasteiger partial charge is 0.338 e. The van der Waals surface area contributed by atoms with Crippen molar-refractivity contribution in [2.75, 3.05) is 0 Å². The molecular formula is C24H26O4. The number of hydrogen-bond donors (Lipinski definition) is 0. The van der Waals surface area contributed by atoms with Gasteiger partial charge in [0.15, 0.2) is 0 Å². The first-order valence-electron chi connectivity index (χ1n) is 10.0. The maximum atomic E-state index is 12.8. The molecule has 3 aliphatic rings. The number of ether oxygens (including phenoxy) is 2. The Bertz CT molecular complexity index is 845. The highest BCUT2D eigenvalue weighted by molar-refractivity contribution is 5.90. The van der Waals surface area contributed by atoms with Gasteiger partial charge in [-0.2, -0.15) is 0 Å². The summed E-state index contributed by atoms with van der Waals surface area (Å²) < 4.78 is 12.1. The molecule has 0 saturated heterocycles. The van der Waals surface area contributed by atoms with Gasteiger partial charge in [-0.25, -0.2) is 9.59 Å². The van der Waals surface area contributed by atoms with E-state index in [1.54, 1.807) is 24.3 Å². The standard InChI is InChI=1S/C24H26O4/c1-16-15-19-13-14-20(16)21(27-22(25)17-9-5-3-6-10-17)24(19,2)28-23(26)18-11-7-4-8-12-18/h3-12,16,19-21H,13-15H2,1-2H3. The lowest BCUT2D eigenvalue weighted by molar-refractivity contribution is -0.194. The molecule has 4 heteroatoms. The summed E-state index contributed by atoms with van der Waals surface area (Å²) in [5, 5.41) is 0. The van der Waals surface area contributed by atoms with Crippen LogP contribution in [0, 0.1) is 17.8 Å². The fourth-order valence-corrected chi connectivity index (χ4v) is 4.98.